The van der Waals surface area contributed by atoms with Gasteiger partial charge in [0.05, 0.1) is 0 Å². The summed E-state index contributed by atoms with van der Waals surface area (Å²) in [6.07, 6.45) is 55.6. The van der Waals surface area contributed by atoms with Crippen LogP contribution in [0.3, 0.4) is 0 Å². The third kappa shape index (κ3) is 8.12. The largest absolute Gasteiger partial charge is 0.0894 e. The highest BCUT2D eigenvalue weighted by Gasteiger charge is 2.65. The number of unbranched alkanes of at least 4 members (excludes halogenated alkanes) is 6. The lowest BCUT2D eigenvalue weighted by atomic mass is 9.55. The van der Waals surface area contributed by atoms with Gasteiger partial charge in [-0.05, 0) is 299 Å². The smallest absolute Gasteiger partial charge is 0.00602 e. The maximum absolute atomic E-state index is 3.02. The van der Waals surface area contributed by atoms with Crippen LogP contribution in [0.15, 0.2) is 18.2 Å². The van der Waals surface area contributed by atoms with Crippen molar-refractivity contribution in [1.82, 2.24) is 0 Å². The Bertz CT molecular complexity index is 1600. The monoisotopic (exact) mass is 889 g/mol. The Morgan fingerprint density at radius 3 is 0.984 bits per heavy atom. The van der Waals surface area contributed by atoms with Crippen LogP contribution in [0, 0.1) is 76.4 Å². The number of aryl methyl sites for hydroxylation is 1. The molecule has 0 amide bonds. The first-order valence-electron chi connectivity index (χ1n) is 29.1. The van der Waals surface area contributed by atoms with Crippen LogP contribution in [-0.4, -0.2) is 20.6 Å². The predicted molar refractivity (Wildman–Crippen MR) is 271 cm³/mol. The molecule has 16 aliphatic carbocycles. The number of hydrogen-bond donors (Lipinski definition) is 0. The number of rotatable bonds is 17. The molecule has 16 aliphatic rings. The molecule has 0 unspecified atom stereocenters. The first-order chi connectivity index (χ1) is 30.5. The summed E-state index contributed by atoms with van der Waals surface area (Å²) < 4.78 is 0. The predicted octanol–water partition coefficient (Wildman–Crippen LogP) is 18.2. The van der Waals surface area contributed by atoms with E-state index in [0.29, 0.717) is 5.41 Å². The lowest BCUT2D eigenvalue weighted by molar-refractivity contribution is 0.0180. The lowest BCUT2D eigenvalue weighted by Gasteiger charge is -2.68. The van der Waals surface area contributed by atoms with Crippen LogP contribution in [0.1, 0.15) is 243 Å². The highest BCUT2D eigenvalue weighted by atomic mass is 31.1. The highest BCUT2D eigenvalue weighted by molar-refractivity contribution is 7.60. The molecule has 0 N–H and O–H groups in total. The molecule has 17 rings (SSSR count). The zero-order valence-corrected chi connectivity index (χ0v) is 43.1. The van der Waals surface area contributed by atoms with Crippen LogP contribution in [0.4, 0.5) is 0 Å². The fourth-order valence-corrected chi connectivity index (χ4v) is 33.0. The van der Waals surface area contributed by atoms with Crippen molar-refractivity contribution in [2.45, 2.75) is 266 Å². The third-order valence-electron chi connectivity index (χ3n) is 23.1. The summed E-state index contributed by atoms with van der Waals surface area (Å²) in [6, 6.07) is 8.71. The van der Waals surface area contributed by atoms with Gasteiger partial charge in [0.1, 0.15) is 0 Å². The molecular weight excluding hydrogens is 795 g/mol. The van der Waals surface area contributed by atoms with Crippen molar-refractivity contribution < 1.29 is 0 Å². The molecule has 348 valence electrons. The standard InChI is InChI=1S/C61H94P2/c1-57(2,3)14-10-8-6-4-5-7-9-11-42-12-13-55(40-62(58-28-43-15-44(29-58)17-45(16-43)30-58)59-31-46-18-47(32-59)20-48(19-46)33-59)56(27-42)41-63(60-34-49-21-50(35-60)23-51(22-49)36-60)61-37-52-24-53(38-61)26-54(25-52)39-61/h12-13,27,43-54H,4-11,14-26,28-41H2,1-3H3. The van der Waals surface area contributed by atoms with E-state index in [2.05, 4.69) is 39.0 Å². The van der Waals surface area contributed by atoms with Crippen molar-refractivity contribution >= 4 is 15.8 Å². The molecule has 16 saturated carbocycles. The van der Waals surface area contributed by atoms with Gasteiger partial charge in [0.2, 0.25) is 0 Å². The second-order valence-corrected chi connectivity index (χ2v) is 35.5. The van der Waals surface area contributed by atoms with Gasteiger partial charge in [0.15, 0.2) is 0 Å². The first-order valence-corrected chi connectivity index (χ1v) is 32.2. The minimum atomic E-state index is -0.0194. The number of hydrogen-bond acceptors (Lipinski definition) is 0. The summed E-state index contributed by atoms with van der Waals surface area (Å²) in [5.41, 5.74) is 6.25. The fraction of sp³-hybridized carbons (Fsp3) is 0.902. The summed E-state index contributed by atoms with van der Waals surface area (Å²) >= 11 is 0. The van der Waals surface area contributed by atoms with Gasteiger partial charge in [0.25, 0.3) is 0 Å². The lowest BCUT2D eigenvalue weighted by Crippen LogP contribution is -2.57. The van der Waals surface area contributed by atoms with E-state index >= 15 is 0 Å². The Morgan fingerprint density at radius 2 is 0.667 bits per heavy atom. The van der Waals surface area contributed by atoms with Gasteiger partial charge < -0.3 is 0 Å². The Hall–Kier alpha value is 0.0800. The molecule has 63 heavy (non-hydrogen) atoms. The quantitative estimate of drug-likeness (QED) is 0.108. The Morgan fingerprint density at radius 1 is 0.381 bits per heavy atom. The summed E-state index contributed by atoms with van der Waals surface area (Å²) in [4.78, 5) is 0. The van der Waals surface area contributed by atoms with Crippen LogP contribution in [-0.2, 0) is 18.7 Å². The van der Waals surface area contributed by atoms with E-state index in [1.54, 1.807) is 172 Å². The van der Waals surface area contributed by atoms with Gasteiger partial charge in [0, 0.05) is 0 Å². The van der Waals surface area contributed by atoms with Crippen molar-refractivity contribution in [1.29, 1.82) is 0 Å². The average Bonchev–Trinajstić information content (AvgIpc) is 3.19. The van der Waals surface area contributed by atoms with E-state index in [4.69, 9.17) is 0 Å². The van der Waals surface area contributed by atoms with E-state index in [9.17, 15) is 0 Å². The molecule has 2 heteroatoms. The Kier molecular flexibility index (Phi) is 11.2. The van der Waals surface area contributed by atoms with Crippen molar-refractivity contribution in [3.63, 3.8) is 0 Å². The van der Waals surface area contributed by atoms with Gasteiger partial charge in [-0.25, -0.2) is 0 Å². The molecule has 1 aromatic carbocycles. The van der Waals surface area contributed by atoms with E-state index < -0.39 is 0 Å². The molecule has 0 nitrogen and oxygen atoms in total. The third-order valence-corrected chi connectivity index (χ3v) is 31.2. The van der Waals surface area contributed by atoms with Crippen LogP contribution >= 0.6 is 15.8 Å². The normalized spacial score (nSPS) is 47.9. The van der Waals surface area contributed by atoms with Crippen molar-refractivity contribution in [3.05, 3.63) is 34.9 Å². The molecule has 16 bridgehead atoms. The maximum Gasteiger partial charge on any atom is -0.00602 e. The minimum Gasteiger partial charge on any atom is -0.0894 e. The van der Waals surface area contributed by atoms with Crippen molar-refractivity contribution in [3.8, 4) is 0 Å². The van der Waals surface area contributed by atoms with Crippen LogP contribution in [0.5, 0.6) is 0 Å². The van der Waals surface area contributed by atoms with Gasteiger partial charge in [-0.15, -0.1) is 0 Å². The van der Waals surface area contributed by atoms with Gasteiger partial charge >= 0.3 is 0 Å². The van der Waals surface area contributed by atoms with Crippen molar-refractivity contribution in [2.75, 3.05) is 0 Å². The second-order valence-electron chi connectivity index (χ2n) is 29.4. The summed E-state index contributed by atoms with van der Waals surface area (Å²) in [5, 5.41) is 2.95. The van der Waals surface area contributed by atoms with E-state index in [0.717, 1.165) is 91.6 Å². The molecule has 16 fully saturated rings. The van der Waals surface area contributed by atoms with Crippen molar-refractivity contribution in [2.24, 2.45) is 76.4 Å². The Balaban J connectivity index is 0.840. The Labute approximate surface area is 390 Å². The fourth-order valence-electron chi connectivity index (χ4n) is 22.6. The van der Waals surface area contributed by atoms with Crippen LogP contribution in [0.25, 0.3) is 0 Å². The van der Waals surface area contributed by atoms with Gasteiger partial charge in [-0.2, -0.15) is 0 Å². The van der Waals surface area contributed by atoms with E-state index in [-0.39, 0.29) is 15.8 Å². The van der Waals surface area contributed by atoms with Crippen LogP contribution in [0.2, 0.25) is 0 Å². The molecule has 0 radical (unpaired) electrons. The van der Waals surface area contributed by atoms with Gasteiger partial charge in [-0.3, -0.25) is 0 Å². The minimum absolute atomic E-state index is 0.0122. The molecule has 0 spiro atoms. The van der Waals surface area contributed by atoms with E-state index in [1.807, 2.05) is 11.1 Å². The molecule has 0 aromatic heterocycles. The molecule has 0 atom stereocenters. The number of benzene rings is 1. The highest BCUT2D eigenvalue weighted by Crippen LogP contribution is 2.82. The molecular formula is C61H94P2. The topological polar surface area (TPSA) is 0 Å². The molecule has 0 aliphatic heterocycles. The zero-order chi connectivity index (χ0) is 42.2. The molecule has 1 aromatic rings. The first kappa shape index (κ1) is 43.1. The molecule has 0 heterocycles. The summed E-state index contributed by atoms with van der Waals surface area (Å²) in [7, 11) is -0.0316. The van der Waals surface area contributed by atoms with E-state index in [1.165, 1.54) is 57.8 Å². The second kappa shape index (κ2) is 16.3. The average molecular weight is 889 g/mol. The maximum atomic E-state index is 3.02. The summed E-state index contributed by atoms with van der Waals surface area (Å²) in [6.45, 7) is 7.26. The SMILES string of the molecule is CC(C)(C)CCCCCCCCCc1ccc(CP(C23CC4CC(CC(C4)C2)C3)C23CC4CC(CC(C4)C2)C3)c(CP(C23CC4CC(CC(C4)C2)C3)C23CC4CC(CC(C4)C2)C3)c1. The van der Waals surface area contributed by atoms with Crippen LogP contribution < -0.4 is 0 Å². The molecule has 0 saturated heterocycles. The van der Waals surface area contributed by atoms with Gasteiger partial charge in [-0.1, -0.05) is 93.3 Å². The zero-order valence-electron chi connectivity index (χ0n) is 41.3. The summed E-state index contributed by atoms with van der Waals surface area (Å²) in [5.74, 6) is 13.2.